The number of carbonyl (C=O) groups is 1. The van der Waals surface area contributed by atoms with Gasteiger partial charge < -0.3 is 19.5 Å². The second-order valence-corrected chi connectivity index (χ2v) is 8.65. The van der Waals surface area contributed by atoms with Crippen molar-refractivity contribution in [3.05, 3.63) is 41.6 Å². The Morgan fingerprint density at radius 3 is 2.78 bits per heavy atom. The summed E-state index contributed by atoms with van der Waals surface area (Å²) in [6.07, 6.45) is 7.70. The molecule has 1 N–H and O–H groups in total. The SMILES string of the molecule is CCOc1cc(C2=C[C@@H](OCC[C@H]3CNC(=O)C3)C3=NC(C4CC4)=NC3=C2)ccc1OC. The van der Waals surface area contributed by atoms with E-state index in [0.29, 0.717) is 37.2 Å². The van der Waals surface area contributed by atoms with E-state index in [4.69, 9.17) is 24.2 Å². The molecule has 32 heavy (non-hydrogen) atoms. The number of fused-ring (bicyclic) bond motifs is 1. The number of allylic oxidation sites excluding steroid dienone is 2. The molecule has 1 saturated carbocycles. The van der Waals surface area contributed by atoms with E-state index in [1.165, 1.54) is 0 Å². The lowest BCUT2D eigenvalue weighted by Crippen LogP contribution is -2.26. The van der Waals surface area contributed by atoms with Gasteiger partial charge in [0.1, 0.15) is 17.7 Å². The number of amides is 1. The van der Waals surface area contributed by atoms with Crippen molar-refractivity contribution in [2.45, 2.75) is 38.7 Å². The zero-order valence-corrected chi connectivity index (χ0v) is 18.6. The van der Waals surface area contributed by atoms with Gasteiger partial charge in [-0.05, 0) is 67.5 Å². The molecule has 2 fully saturated rings. The van der Waals surface area contributed by atoms with Crippen molar-refractivity contribution in [3.8, 4) is 11.5 Å². The maximum Gasteiger partial charge on any atom is 0.220 e. The van der Waals surface area contributed by atoms with Crippen molar-refractivity contribution in [3.63, 3.8) is 0 Å². The summed E-state index contributed by atoms with van der Waals surface area (Å²) in [4.78, 5) is 21.1. The van der Waals surface area contributed by atoms with Crippen LogP contribution in [0.3, 0.4) is 0 Å². The molecule has 7 nitrogen and oxygen atoms in total. The quantitative estimate of drug-likeness (QED) is 0.643. The summed E-state index contributed by atoms with van der Waals surface area (Å²) in [5.41, 5.74) is 3.84. The van der Waals surface area contributed by atoms with Gasteiger partial charge in [-0.25, -0.2) is 9.98 Å². The summed E-state index contributed by atoms with van der Waals surface area (Å²) in [5, 5.41) is 2.89. The number of benzene rings is 1. The largest absolute Gasteiger partial charge is 0.493 e. The van der Waals surface area contributed by atoms with Crippen LogP contribution >= 0.6 is 0 Å². The number of rotatable bonds is 9. The van der Waals surface area contributed by atoms with Crippen LogP contribution in [0.15, 0.2) is 46.0 Å². The highest BCUT2D eigenvalue weighted by Crippen LogP contribution is 2.38. The van der Waals surface area contributed by atoms with Gasteiger partial charge in [-0.15, -0.1) is 0 Å². The van der Waals surface area contributed by atoms with Gasteiger partial charge >= 0.3 is 0 Å². The van der Waals surface area contributed by atoms with Crippen LogP contribution in [0.4, 0.5) is 0 Å². The molecule has 0 radical (unpaired) electrons. The Bertz CT molecular complexity index is 1040. The minimum atomic E-state index is -0.257. The predicted molar refractivity (Wildman–Crippen MR) is 123 cm³/mol. The van der Waals surface area contributed by atoms with E-state index < -0.39 is 0 Å². The molecule has 1 aromatic rings. The third kappa shape index (κ3) is 4.35. The lowest BCUT2D eigenvalue weighted by molar-refractivity contribution is -0.119. The van der Waals surface area contributed by atoms with Crippen molar-refractivity contribution < 1.29 is 19.0 Å². The van der Waals surface area contributed by atoms with Crippen LogP contribution in [0.2, 0.25) is 0 Å². The van der Waals surface area contributed by atoms with E-state index in [2.05, 4.69) is 17.5 Å². The average molecular weight is 436 g/mol. The summed E-state index contributed by atoms with van der Waals surface area (Å²) < 4.78 is 17.5. The molecule has 0 aromatic heterocycles. The van der Waals surface area contributed by atoms with Crippen molar-refractivity contribution >= 4 is 23.0 Å². The highest BCUT2D eigenvalue weighted by molar-refractivity contribution is 6.19. The summed E-state index contributed by atoms with van der Waals surface area (Å²) in [5.74, 6) is 3.32. The minimum Gasteiger partial charge on any atom is -0.493 e. The fraction of sp³-hybridized carbons (Fsp3) is 0.480. The monoisotopic (exact) mass is 435 g/mol. The number of ether oxygens (including phenoxy) is 3. The molecular weight excluding hydrogens is 406 g/mol. The summed E-state index contributed by atoms with van der Waals surface area (Å²) in [7, 11) is 1.64. The Balaban J connectivity index is 1.39. The van der Waals surface area contributed by atoms with Gasteiger partial charge in [0.2, 0.25) is 5.91 Å². The molecule has 2 atom stereocenters. The van der Waals surface area contributed by atoms with Crippen LogP contribution in [-0.2, 0) is 9.53 Å². The zero-order valence-electron chi connectivity index (χ0n) is 18.6. The van der Waals surface area contributed by atoms with Gasteiger partial charge in [-0.1, -0.05) is 6.07 Å². The minimum absolute atomic E-state index is 0.132. The summed E-state index contributed by atoms with van der Waals surface area (Å²) >= 11 is 0. The van der Waals surface area contributed by atoms with Crippen LogP contribution < -0.4 is 14.8 Å². The predicted octanol–water partition coefficient (Wildman–Crippen LogP) is 3.55. The standard InChI is InChI=1S/C25H29N3O4/c1-3-31-21-12-17(6-7-20(21)30-2)18-11-19-24(28-25(27-19)16-4-5-16)22(13-18)32-9-8-15-10-23(29)26-14-15/h6-7,11-13,15-16,22H,3-5,8-10,14H2,1-2H3,(H,26,29)/t15-,22-/m1/s1. The second-order valence-electron chi connectivity index (χ2n) is 8.65. The topological polar surface area (TPSA) is 81.5 Å². The van der Waals surface area contributed by atoms with Crippen molar-refractivity contribution in [2.24, 2.45) is 21.8 Å². The number of hydrogen-bond donors (Lipinski definition) is 1. The normalized spacial score (nSPS) is 24.2. The van der Waals surface area contributed by atoms with Gasteiger partial charge in [0.25, 0.3) is 0 Å². The Hall–Kier alpha value is -2.93. The van der Waals surface area contributed by atoms with E-state index >= 15 is 0 Å². The molecule has 2 aliphatic carbocycles. The van der Waals surface area contributed by atoms with Gasteiger partial charge in [0.05, 0.1) is 19.4 Å². The first-order valence-corrected chi connectivity index (χ1v) is 11.4. The van der Waals surface area contributed by atoms with Crippen molar-refractivity contribution in [1.29, 1.82) is 0 Å². The fourth-order valence-corrected chi connectivity index (χ4v) is 4.33. The molecule has 168 valence electrons. The highest BCUT2D eigenvalue weighted by Gasteiger charge is 2.35. The molecule has 5 rings (SSSR count). The first-order valence-electron chi connectivity index (χ1n) is 11.4. The maximum absolute atomic E-state index is 11.5. The molecule has 1 saturated heterocycles. The zero-order chi connectivity index (χ0) is 22.1. The van der Waals surface area contributed by atoms with E-state index in [0.717, 1.165) is 59.9 Å². The van der Waals surface area contributed by atoms with E-state index in [-0.39, 0.29) is 12.0 Å². The first kappa shape index (κ1) is 20.9. The third-order valence-corrected chi connectivity index (χ3v) is 6.25. The molecule has 1 aromatic carbocycles. The second kappa shape index (κ2) is 8.90. The lowest BCUT2D eigenvalue weighted by Gasteiger charge is -2.22. The number of aliphatic imine (C=N–C) groups is 2. The van der Waals surface area contributed by atoms with Crippen LogP contribution in [0, 0.1) is 11.8 Å². The molecule has 0 spiro atoms. The Morgan fingerprint density at radius 2 is 2.06 bits per heavy atom. The van der Waals surface area contributed by atoms with Crippen molar-refractivity contribution in [1.82, 2.24) is 5.32 Å². The molecule has 7 heteroatoms. The highest BCUT2D eigenvalue weighted by atomic mass is 16.5. The smallest absolute Gasteiger partial charge is 0.220 e. The Labute approximate surface area is 188 Å². The van der Waals surface area contributed by atoms with Crippen LogP contribution in [0.25, 0.3) is 5.57 Å². The van der Waals surface area contributed by atoms with Gasteiger partial charge in [0.15, 0.2) is 11.5 Å². The van der Waals surface area contributed by atoms with E-state index in [1.54, 1.807) is 7.11 Å². The van der Waals surface area contributed by atoms with Gasteiger partial charge in [-0.2, -0.15) is 0 Å². The molecule has 2 heterocycles. The van der Waals surface area contributed by atoms with Crippen LogP contribution in [0.5, 0.6) is 11.5 Å². The Kier molecular flexibility index (Phi) is 5.83. The molecule has 4 aliphatic rings. The number of nitrogens with zero attached hydrogens (tertiary/aromatic N) is 2. The molecular formula is C25H29N3O4. The fourth-order valence-electron chi connectivity index (χ4n) is 4.33. The molecule has 2 aliphatic heterocycles. The lowest BCUT2D eigenvalue weighted by atomic mass is 9.94. The molecule has 0 bridgehead atoms. The molecule has 1 amide bonds. The van der Waals surface area contributed by atoms with E-state index in [9.17, 15) is 4.79 Å². The number of carbonyl (C=O) groups excluding carboxylic acids is 1. The number of nitrogens with one attached hydrogen (secondary N) is 1. The average Bonchev–Trinajstić information content (AvgIpc) is 3.42. The molecule has 0 unspecified atom stereocenters. The number of methoxy groups -OCH3 is 1. The maximum atomic E-state index is 11.5. The summed E-state index contributed by atoms with van der Waals surface area (Å²) in [6, 6.07) is 5.96. The third-order valence-electron chi connectivity index (χ3n) is 6.25. The number of hydrogen-bond acceptors (Lipinski definition) is 6. The first-order chi connectivity index (χ1) is 15.6. The van der Waals surface area contributed by atoms with Crippen LogP contribution in [0.1, 0.15) is 38.2 Å². The van der Waals surface area contributed by atoms with Crippen LogP contribution in [-0.4, -0.2) is 50.4 Å². The summed E-state index contributed by atoms with van der Waals surface area (Å²) in [6.45, 7) is 3.84. The van der Waals surface area contributed by atoms with Gasteiger partial charge in [0, 0.05) is 25.5 Å². The number of amidine groups is 1. The van der Waals surface area contributed by atoms with Crippen molar-refractivity contribution in [2.75, 3.05) is 26.9 Å². The Morgan fingerprint density at radius 1 is 1.19 bits per heavy atom. The van der Waals surface area contributed by atoms with E-state index in [1.807, 2.05) is 25.1 Å². The van der Waals surface area contributed by atoms with Gasteiger partial charge in [-0.3, -0.25) is 4.79 Å².